The van der Waals surface area contributed by atoms with Crippen molar-refractivity contribution in [3.8, 4) is 6.07 Å². The van der Waals surface area contributed by atoms with Crippen LogP contribution in [0, 0.1) is 11.3 Å². The smallest absolute Gasteiger partial charge is 0.352 e. The number of carboxylic acid groups (broad SMARTS) is 1. The summed E-state index contributed by atoms with van der Waals surface area (Å²) in [5, 5.41) is 35.6. The molecule has 1 saturated heterocycles. The first-order valence-corrected chi connectivity index (χ1v) is 14.7. The summed E-state index contributed by atoms with van der Waals surface area (Å²) in [7, 11) is 0. The molecule has 12 nitrogen and oxygen atoms in total. The van der Waals surface area contributed by atoms with Crippen LogP contribution in [0.15, 0.2) is 55.1 Å². The third kappa shape index (κ3) is 4.74. The molecule has 1 fully saturated rings. The Morgan fingerprint density at radius 1 is 1.33 bits per heavy atom. The number of hydrogen-bond acceptors (Lipinski definition) is 13. The van der Waals surface area contributed by atoms with Crippen LogP contribution in [0.2, 0.25) is 0 Å². The van der Waals surface area contributed by atoms with Gasteiger partial charge in [-0.3, -0.25) is 19.3 Å². The number of nitrogens with one attached hydrogen (secondary N) is 1. The van der Waals surface area contributed by atoms with E-state index in [2.05, 4.69) is 15.5 Å². The number of nitrogens with zero attached hydrogens (tertiary/aromatic N) is 4. The minimum atomic E-state index is -1.31. The van der Waals surface area contributed by atoms with Gasteiger partial charge in [0, 0.05) is 27.0 Å². The number of thioether (sulfide) groups is 2. The maximum Gasteiger partial charge on any atom is 0.352 e. The zero-order valence-electron chi connectivity index (χ0n) is 19.5. The number of aliphatic carboxylic acids is 1. The Hall–Kier alpha value is -3.91. The van der Waals surface area contributed by atoms with E-state index in [1.165, 1.54) is 40.2 Å². The van der Waals surface area contributed by atoms with Gasteiger partial charge in [-0.1, -0.05) is 17.3 Å². The quantitative estimate of drug-likeness (QED) is 0.101. The Morgan fingerprint density at radius 2 is 2.10 bits per heavy atom. The second kappa shape index (κ2) is 10.7. The molecule has 3 aromatic rings. The molecule has 16 heteroatoms. The Morgan fingerprint density at radius 3 is 2.77 bits per heavy atom. The number of carboxylic acids is 1. The Bertz CT molecular complexity index is 1710. The molecule has 5 rings (SSSR count). The predicted molar refractivity (Wildman–Crippen MR) is 148 cm³/mol. The maximum absolute atomic E-state index is 13.0. The van der Waals surface area contributed by atoms with Crippen molar-refractivity contribution < 1.29 is 24.7 Å². The average molecular weight is 601 g/mol. The highest BCUT2D eigenvalue weighted by atomic mass is 32.2. The highest BCUT2D eigenvalue weighted by Crippen LogP contribution is 2.42. The van der Waals surface area contributed by atoms with Crippen molar-refractivity contribution in [3.63, 3.8) is 0 Å². The van der Waals surface area contributed by atoms with Crippen LogP contribution in [0.4, 0.5) is 5.13 Å². The summed E-state index contributed by atoms with van der Waals surface area (Å²) in [5.74, 6) is -2.43. The number of amides is 2. The number of β-lactam (4-membered cyclic amide) rings is 1. The number of benzene rings is 1. The lowest BCUT2D eigenvalue weighted by Crippen LogP contribution is -2.71. The van der Waals surface area contributed by atoms with Gasteiger partial charge in [0.1, 0.15) is 34.4 Å². The van der Waals surface area contributed by atoms with Crippen molar-refractivity contribution in [1.82, 2.24) is 15.2 Å². The number of carbonyl (C=O) groups excluding carboxylic acids is 2. The molecule has 2 aliphatic heterocycles. The fourth-order valence-electron chi connectivity index (χ4n) is 4.09. The molecule has 198 valence electrons. The monoisotopic (exact) mass is 600 g/mol. The number of fused-ring (bicyclic) bond motifs is 2. The van der Waals surface area contributed by atoms with E-state index in [-0.39, 0.29) is 39.0 Å². The molecule has 2 atom stereocenters. The van der Waals surface area contributed by atoms with Crippen molar-refractivity contribution in [3.05, 3.63) is 62.4 Å². The summed E-state index contributed by atoms with van der Waals surface area (Å²) in [5.41, 5.74) is 5.03. The van der Waals surface area contributed by atoms with Crippen LogP contribution in [-0.4, -0.2) is 66.6 Å². The summed E-state index contributed by atoms with van der Waals surface area (Å²) in [4.78, 5) is 55.7. The first kappa shape index (κ1) is 26.7. The third-order valence-electron chi connectivity index (χ3n) is 5.87. The zero-order valence-corrected chi connectivity index (χ0v) is 22.7. The van der Waals surface area contributed by atoms with Crippen LogP contribution < -0.4 is 16.5 Å². The molecular weight excluding hydrogens is 585 g/mol. The molecule has 2 aliphatic rings. The number of oxime groups is 1. The molecular formula is C23H16N6O6S4. The van der Waals surface area contributed by atoms with Gasteiger partial charge in [0.25, 0.3) is 11.8 Å². The molecule has 0 unspecified atom stereocenters. The molecule has 0 radical (unpaired) electrons. The lowest BCUT2D eigenvalue weighted by atomic mass is 10.0. The number of nitrogens with two attached hydrogens (primary N) is 1. The number of aromatic nitrogens is 1. The van der Waals surface area contributed by atoms with E-state index in [4.69, 9.17) is 5.73 Å². The first-order chi connectivity index (χ1) is 18.7. The number of rotatable bonds is 7. The normalized spacial score (nSPS) is 18.9. The van der Waals surface area contributed by atoms with E-state index in [1.54, 1.807) is 24.3 Å². The van der Waals surface area contributed by atoms with Crippen LogP contribution in [-0.2, 0) is 14.4 Å². The molecule has 39 heavy (non-hydrogen) atoms. The van der Waals surface area contributed by atoms with Gasteiger partial charge in [0.05, 0.1) is 4.21 Å². The molecule has 4 heterocycles. The second-order valence-corrected chi connectivity index (χ2v) is 12.4. The van der Waals surface area contributed by atoms with Gasteiger partial charge in [-0.25, -0.2) is 9.78 Å². The molecule has 1 aromatic carbocycles. The van der Waals surface area contributed by atoms with E-state index in [0.29, 0.717) is 19.9 Å². The number of carbonyl (C=O) groups is 3. The number of thiazole rings is 1. The van der Waals surface area contributed by atoms with Gasteiger partial charge in [0.2, 0.25) is 5.43 Å². The summed E-state index contributed by atoms with van der Waals surface area (Å²) in [6, 6.07) is 7.85. The molecule has 2 amide bonds. The summed E-state index contributed by atoms with van der Waals surface area (Å²) >= 11 is 4.74. The summed E-state index contributed by atoms with van der Waals surface area (Å²) < 4.78 is 1.17. The SMILES string of the molecule is N#Cc1c(SCC2=C(C(=O)O)N3C(=O)[C@@H](NC(=O)/C(=N\O)c4csc(N)n4)[C@H]3SC2)sc2ccccc2c1=O. The Labute approximate surface area is 235 Å². The van der Waals surface area contributed by atoms with Gasteiger partial charge in [-0.05, 0) is 17.7 Å². The lowest BCUT2D eigenvalue weighted by Gasteiger charge is -2.49. The molecule has 0 saturated carbocycles. The number of anilines is 1. The minimum Gasteiger partial charge on any atom is -0.477 e. The van der Waals surface area contributed by atoms with Gasteiger partial charge < -0.3 is 21.4 Å². The van der Waals surface area contributed by atoms with E-state index in [9.17, 15) is 34.8 Å². The fourth-order valence-corrected chi connectivity index (χ4v) is 8.47. The van der Waals surface area contributed by atoms with E-state index in [0.717, 1.165) is 16.2 Å². The largest absolute Gasteiger partial charge is 0.477 e. The second-order valence-electron chi connectivity index (χ2n) is 8.13. The van der Waals surface area contributed by atoms with Crippen LogP contribution >= 0.6 is 46.2 Å². The van der Waals surface area contributed by atoms with Crippen LogP contribution in [0.1, 0.15) is 11.3 Å². The number of nitriles is 1. The highest BCUT2D eigenvalue weighted by molar-refractivity contribution is 8.02. The molecule has 0 bridgehead atoms. The van der Waals surface area contributed by atoms with Crippen molar-refractivity contribution in [1.29, 1.82) is 5.26 Å². The van der Waals surface area contributed by atoms with E-state index in [1.807, 2.05) is 6.07 Å². The molecule has 2 aromatic heterocycles. The molecule has 0 aliphatic carbocycles. The maximum atomic E-state index is 13.0. The average Bonchev–Trinajstić information content (AvgIpc) is 3.35. The highest BCUT2D eigenvalue weighted by Gasteiger charge is 2.54. The van der Waals surface area contributed by atoms with Crippen LogP contribution in [0.3, 0.4) is 0 Å². The Balaban J connectivity index is 1.36. The topological polar surface area (TPSA) is 199 Å². The molecule has 5 N–H and O–H groups in total. The minimum absolute atomic E-state index is 0.00598. The summed E-state index contributed by atoms with van der Waals surface area (Å²) in [6.45, 7) is 0. The zero-order chi connectivity index (χ0) is 27.8. The van der Waals surface area contributed by atoms with E-state index < -0.39 is 34.9 Å². The van der Waals surface area contributed by atoms with Gasteiger partial charge in [0.15, 0.2) is 10.8 Å². The molecule has 0 spiro atoms. The van der Waals surface area contributed by atoms with Crippen LogP contribution in [0.25, 0.3) is 10.1 Å². The third-order valence-corrected chi connectivity index (χ3v) is 10.4. The van der Waals surface area contributed by atoms with E-state index >= 15 is 0 Å². The fraction of sp³-hybridized carbons (Fsp3) is 0.174. The van der Waals surface area contributed by atoms with Gasteiger partial charge in [-0.15, -0.1) is 46.2 Å². The standard InChI is InChI=1S/C23H16N6O6S4/c24-5-11-17(30)10-3-1-2-4-13(10)39-22(11)37-7-9-6-36-20-15(19(32)29(20)16(9)21(33)34)27-18(31)14(28-35)12-8-38-23(25)26-12/h1-4,8,15,20,35H,6-7H2,(H2,25,26)(H,27,31)(H,33,34)/b28-14-/t15-,20-/m1/s1. The number of nitrogen functional groups attached to an aromatic ring is 1. The van der Waals surface area contributed by atoms with Gasteiger partial charge >= 0.3 is 5.97 Å². The van der Waals surface area contributed by atoms with Crippen molar-refractivity contribution in [2.45, 2.75) is 15.6 Å². The van der Waals surface area contributed by atoms with Crippen LogP contribution in [0.5, 0.6) is 0 Å². The number of hydrogen-bond donors (Lipinski definition) is 4. The summed E-state index contributed by atoms with van der Waals surface area (Å²) in [6.07, 6.45) is 0. The van der Waals surface area contributed by atoms with Crippen molar-refractivity contribution in [2.75, 3.05) is 17.2 Å². The first-order valence-electron chi connectivity index (χ1n) is 11.0. The van der Waals surface area contributed by atoms with Crippen molar-refractivity contribution >= 4 is 84.9 Å². The lowest BCUT2D eigenvalue weighted by molar-refractivity contribution is -0.150. The van der Waals surface area contributed by atoms with Crippen molar-refractivity contribution in [2.24, 2.45) is 5.16 Å². The predicted octanol–water partition coefficient (Wildman–Crippen LogP) is 1.88. The Kier molecular flexibility index (Phi) is 7.32. The van der Waals surface area contributed by atoms with Gasteiger partial charge in [-0.2, -0.15) is 5.26 Å².